The molecule has 0 bridgehead atoms. The van der Waals surface area contributed by atoms with Crippen molar-refractivity contribution in [1.29, 1.82) is 0 Å². The molecule has 2 amide bonds. The Balaban J connectivity index is 1.38. The molecule has 0 fully saturated rings. The molecule has 1 aliphatic rings. The van der Waals surface area contributed by atoms with Crippen LogP contribution in [-0.2, 0) is 9.59 Å². The Morgan fingerprint density at radius 2 is 1.89 bits per heavy atom. The van der Waals surface area contributed by atoms with Crippen LogP contribution >= 0.6 is 23.4 Å². The minimum atomic E-state index is -0.110. The molecule has 27 heavy (non-hydrogen) atoms. The van der Waals surface area contributed by atoms with Crippen LogP contribution in [0.4, 0.5) is 5.69 Å². The van der Waals surface area contributed by atoms with Crippen LogP contribution in [0.15, 0.2) is 53.4 Å². The minimum Gasteiger partial charge on any atom is -0.490 e. The summed E-state index contributed by atoms with van der Waals surface area (Å²) in [6, 6.07) is 15.1. The van der Waals surface area contributed by atoms with Crippen molar-refractivity contribution in [2.24, 2.45) is 0 Å². The number of anilines is 1. The molecule has 5 nitrogen and oxygen atoms in total. The number of nitrogens with zero attached hydrogens (tertiary/aromatic N) is 1. The first-order valence-electron chi connectivity index (χ1n) is 8.81. The maximum atomic E-state index is 12.5. The molecule has 0 atom stereocenters. The van der Waals surface area contributed by atoms with Crippen molar-refractivity contribution in [2.45, 2.75) is 17.7 Å². The van der Waals surface area contributed by atoms with Gasteiger partial charge in [0.1, 0.15) is 12.4 Å². The number of nitrogens with one attached hydrogen (secondary N) is 1. The highest BCUT2D eigenvalue weighted by atomic mass is 35.5. The van der Waals surface area contributed by atoms with Gasteiger partial charge in [0, 0.05) is 35.1 Å². The van der Waals surface area contributed by atoms with E-state index >= 15 is 0 Å². The number of thioether (sulfide) groups is 1. The van der Waals surface area contributed by atoms with E-state index < -0.39 is 0 Å². The summed E-state index contributed by atoms with van der Waals surface area (Å²) in [4.78, 5) is 27.3. The largest absolute Gasteiger partial charge is 0.490 e. The van der Waals surface area contributed by atoms with Crippen LogP contribution in [0.2, 0.25) is 5.02 Å². The minimum absolute atomic E-state index is 0.0589. The Labute approximate surface area is 168 Å². The molecule has 3 rings (SSSR count). The molecule has 142 valence electrons. The smallest absolute Gasteiger partial charge is 0.227 e. The Morgan fingerprint density at radius 1 is 1.11 bits per heavy atom. The number of para-hydroxylation sites is 2. The van der Waals surface area contributed by atoms with Gasteiger partial charge in [-0.15, -0.1) is 11.8 Å². The third-order valence-electron chi connectivity index (χ3n) is 4.10. The monoisotopic (exact) mass is 404 g/mol. The quantitative estimate of drug-likeness (QED) is 0.564. The molecule has 1 heterocycles. The van der Waals surface area contributed by atoms with Crippen LogP contribution in [0.5, 0.6) is 5.75 Å². The number of hydrogen-bond donors (Lipinski definition) is 1. The van der Waals surface area contributed by atoms with Gasteiger partial charge in [0.25, 0.3) is 0 Å². The highest BCUT2D eigenvalue weighted by Crippen LogP contribution is 2.31. The van der Waals surface area contributed by atoms with Gasteiger partial charge in [-0.25, -0.2) is 0 Å². The maximum Gasteiger partial charge on any atom is 0.227 e. The molecule has 7 heteroatoms. The lowest BCUT2D eigenvalue weighted by atomic mass is 10.2. The van der Waals surface area contributed by atoms with E-state index in [2.05, 4.69) is 5.32 Å². The lowest BCUT2D eigenvalue weighted by Crippen LogP contribution is -2.38. The summed E-state index contributed by atoms with van der Waals surface area (Å²) in [6.07, 6.45) is 0.370. The average Bonchev–Trinajstić information content (AvgIpc) is 2.70. The number of fused-ring (bicyclic) bond motifs is 1. The van der Waals surface area contributed by atoms with Crippen LogP contribution in [0.1, 0.15) is 12.8 Å². The zero-order chi connectivity index (χ0) is 19.1. The van der Waals surface area contributed by atoms with Crippen molar-refractivity contribution < 1.29 is 14.3 Å². The van der Waals surface area contributed by atoms with Crippen molar-refractivity contribution in [3.8, 4) is 5.75 Å². The van der Waals surface area contributed by atoms with E-state index in [0.29, 0.717) is 30.5 Å². The van der Waals surface area contributed by atoms with Crippen molar-refractivity contribution in [2.75, 3.05) is 30.3 Å². The molecular weight excluding hydrogens is 384 g/mol. The fraction of sp³-hybridized carbons (Fsp3) is 0.300. The number of amides is 2. The fourth-order valence-corrected chi connectivity index (χ4v) is 3.66. The molecular formula is C20H21ClN2O3S. The van der Waals surface area contributed by atoms with E-state index in [1.807, 2.05) is 48.5 Å². The molecule has 0 saturated heterocycles. The SMILES string of the molecule is O=C(CCC(=O)N1CCOc2ccccc21)NCCSc1ccc(Cl)cc1. The Morgan fingerprint density at radius 3 is 2.70 bits per heavy atom. The first kappa shape index (κ1) is 19.6. The van der Waals surface area contributed by atoms with E-state index in [9.17, 15) is 9.59 Å². The summed E-state index contributed by atoms with van der Waals surface area (Å²) in [5, 5.41) is 3.57. The van der Waals surface area contributed by atoms with Gasteiger partial charge in [0.15, 0.2) is 0 Å². The molecule has 0 aromatic heterocycles. The van der Waals surface area contributed by atoms with Gasteiger partial charge in [-0.3, -0.25) is 9.59 Å². The number of carbonyl (C=O) groups excluding carboxylic acids is 2. The third-order valence-corrected chi connectivity index (χ3v) is 5.37. The number of halogens is 1. The van der Waals surface area contributed by atoms with Crippen LogP contribution in [0.25, 0.3) is 0 Å². The van der Waals surface area contributed by atoms with Crippen molar-refractivity contribution in [3.63, 3.8) is 0 Å². The second kappa shape index (κ2) is 9.67. The van der Waals surface area contributed by atoms with Crippen LogP contribution in [0, 0.1) is 0 Å². The van der Waals surface area contributed by atoms with Crippen LogP contribution in [-0.4, -0.2) is 37.3 Å². The van der Waals surface area contributed by atoms with Crippen molar-refractivity contribution in [3.05, 3.63) is 53.6 Å². The molecule has 0 aliphatic carbocycles. The summed E-state index contributed by atoms with van der Waals surface area (Å²) in [5.41, 5.74) is 0.772. The van der Waals surface area contributed by atoms with Gasteiger partial charge in [0.2, 0.25) is 11.8 Å². The molecule has 1 aliphatic heterocycles. The predicted molar refractivity (Wildman–Crippen MR) is 109 cm³/mol. The van der Waals surface area contributed by atoms with E-state index in [4.69, 9.17) is 16.3 Å². The van der Waals surface area contributed by atoms with Crippen molar-refractivity contribution in [1.82, 2.24) is 5.32 Å². The van der Waals surface area contributed by atoms with Gasteiger partial charge >= 0.3 is 0 Å². The number of carbonyl (C=O) groups is 2. The van der Waals surface area contributed by atoms with Gasteiger partial charge in [-0.1, -0.05) is 23.7 Å². The van der Waals surface area contributed by atoms with Gasteiger partial charge < -0.3 is 15.0 Å². The normalized spacial score (nSPS) is 12.9. The standard InChI is InChI=1S/C20H21ClN2O3S/c21-15-5-7-16(8-6-15)27-14-11-22-19(24)9-10-20(25)23-12-13-26-18-4-2-1-3-17(18)23/h1-8H,9-14H2,(H,22,24). The molecule has 0 spiro atoms. The van der Waals surface area contributed by atoms with Gasteiger partial charge in [-0.05, 0) is 36.4 Å². The summed E-state index contributed by atoms with van der Waals surface area (Å²) in [5.74, 6) is 1.30. The first-order valence-corrected chi connectivity index (χ1v) is 10.2. The lowest BCUT2D eigenvalue weighted by molar-refractivity contribution is -0.125. The van der Waals surface area contributed by atoms with E-state index in [1.165, 1.54) is 0 Å². The zero-order valence-electron chi connectivity index (χ0n) is 14.8. The van der Waals surface area contributed by atoms with Crippen LogP contribution in [0.3, 0.4) is 0 Å². The summed E-state index contributed by atoms with van der Waals surface area (Å²) < 4.78 is 5.56. The molecule has 0 unspecified atom stereocenters. The zero-order valence-corrected chi connectivity index (χ0v) is 16.4. The van der Waals surface area contributed by atoms with Crippen molar-refractivity contribution >= 4 is 40.9 Å². The second-order valence-corrected chi connectivity index (χ2v) is 7.62. The number of benzene rings is 2. The Hall–Kier alpha value is -2.18. The van der Waals surface area contributed by atoms with Gasteiger partial charge in [-0.2, -0.15) is 0 Å². The van der Waals surface area contributed by atoms with E-state index in [-0.39, 0.29) is 24.7 Å². The van der Waals surface area contributed by atoms with Crippen LogP contribution < -0.4 is 15.0 Å². The van der Waals surface area contributed by atoms with E-state index in [1.54, 1.807) is 16.7 Å². The highest BCUT2D eigenvalue weighted by Gasteiger charge is 2.23. The fourth-order valence-electron chi connectivity index (χ4n) is 2.76. The van der Waals surface area contributed by atoms with E-state index in [0.717, 1.165) is 16.3 Å². The maximum absolute atomic E-state index is 12.5. The number of ether oxygens (including phenoxy) is 1. The molecule has 2 aromatic rings. The number of rotatable bonds is 7. The Kier molecular flexibility index (Phi) is 7.01. The highest BCUT2D eigenvalue weighted by molar-refractivity contribution is 7.99. The molecule has 0 saturated carbocycles. The summed E-state index contributed by atoms with van der Waals surface area (Å²) in [6.45, 7) is 1.53. The predicted octanol–water partition coefficient (Wildman–Crippen LogP) is 3.75. The number of hydrogen-bond acceptors (Lipinski definition) is 4. The first-order chi connectivity index (χ1) is 13.1. The topological polar surface area (TPSA) is 58.6 Å². The summed E-state index contributed by atoms with van der Waals surface area (Å²) in [7, 11) is 0. The summed E-state index contributed by atoms with van der Waals surface area (Å²) >= 11 is 7.50. The average molecular weight is 405 g/mol. The third kappa shape index (κ3) is 5.65. The molecule has 2 aromatic carbocycles. The molecule has 1 N–H and O–H groups in total. The lowest BCUT2D eigenvalue weighted by Gasteiger charge is -2.29. The molecule has 0 radical (unpaired) electrons. The van der Waals surface area contributed by atoms with Gasteiger partial charge in [0.05, 0.1) is 12.2 Å². The second-order valence-electron chi connectivity index (χ2n) is 6.01. The Bertz CT molecular complexity index is 798.